The molecule has 4 aliphatic rings. The van der Waals surface area contributed by atoms with Crippen LogP contribution in [0.15, 0.2) is 36.4 Å². The molecule has 2 aromatic rings. The second kappa shape index (κ2) is 12.5. The molecule has 0 N–H and O–H groups in total. The van der Waals surface area contributed by atoms with Gasteiger partial charge in [0.05, 0.1) is 0 Å². The van der Waals surface area contributed by atoms with E-state index in [1.807, 2.05) is 0 Å². The summed E-state index contributed by atoms with van der Waals surface area (Å²) in [6, 6.07) is 13.8. The van der Waals surface area contributed by atoms with Crippen LogP contribution in [0.5, 0.6) is 0 Å². The number of piperidine rings is 2. The number of nitrogens with zero attached hydrogens (tertiary/aromatic N) is 2. The van der Waals surface area contributed by atoms with Crippen LogP contribution in [0.25, 0.3) is 0 Å². The molecule has 2 saturated heterocycles. The lowest BCUT2D eigenvalue weighted by Gasteiger charge is -2.27. The van der Waals surface area contributed by atoms with Crippen molar-refractivity contribution >= 4 is 5.78 Å². The van der Waals surface area contributed by atoms with Crippen molar-refractivity contribution in [3.05, 3.63) is 69.8 Å². The normalized spacial score (nSPS) is 22.3. The maximum absolute atomic E-state index is 14.4. The summed E-state index contributed by atoms with van der Waals surface area (Å²) in [4.78, 5) is 19.6. The minimum absolute atomic E-state index is 0.280. The third-order valence-corrected chi connectivity index (χ3v) is 10.0. The average Bonchev–Trinajstić information content (AvgIpc) is 3.69. The molecular formula is C35H48N2O. The van der Waals surface area contributed by atoms with Gasteiger partial charge in [-0.05, 0) is 112 Å². The molecule has 38 heavy (non-hydrogen) atoms. The Morgan fingerprint density at radius 2 is 0.947 bits per heavy atom. The molecule has 3 nitrogen and oxygen atoms in total. The summed E-state index contributed by atoms with van der Waals surface area (Å²) >= 11 is 0. The van der Waals surface area contributed by atoms with Crippen LogP contribution in [-0.2, 0) is 13.1 Å². The fourth-order valence-corrected chi connectivity index (χ4v) is 7.88. The van der Waals surface area contributed by atoms with Gasteiger partial charge in [0, 0.05) is 24.2 Å². The zero-order chi connectivity index (χ0) is 25.7. The summed E-state index contributed by atoms with van der Waals surface area (Å²) in [5.41, 5.74) is 7.47. The number of likely N-dealkylation sites (tertiary alicyclic amines) is 2. The number of hydrogen-bond acceptors (Lipinski definition) is 3. The minimum Gasteiger partial charge on any atom is -0.299 e. The quantitative estimate of drug-likeness (QED) is 0.333. The Morgan fingerprint density at radius 1 is 0.553 bits per heavy atom. The summed E-state index contributed by atoms with van der Waals surface area (Å²) < 4.78 is 0. The Bertz CT molecular complexity index is 998. The zero-order valence-electron chi connectivity index (χ0n) is 23.6. The largest absolute Gasteiger partial charge is 0.299 e. The van der Waals surface area contributed by atoms with Gasteiger partial charge in [0.25, 0.3) is 0 Å². The molecule has 4 fully saturated rings. The van der Waals surface area contributed by atoms with Crippen LogP contribution in [-0.4, -0.2) is 41.8 Å². The molecule has 0 aromatic heterocycles. The predicted molar refractivity (Wildman–Crippen MR) is 157 cm³/mol. The van der Waals surface area contributed by atoms with Crippen molar-refractivity contribution in [2.45, 2.75) is 115 Å². The first-order valence-electron chi connectivity index (χ1n) is 16.0. The molecule has 2 aliphatic carbocycles. The highest BCUT2D eigenvalue weighted by Gasteiger charge is 2.28. The molecular weight excluding hydrogens is 464 g/mol. The molecule has 0 amide bonds. The van der Waals surface area contributed by atoms with Gasteiger partial charge in [0.15, 0.2) is 5.78 Å². The number of carbonyl (C=O) groups excluding carboxylic acids is 1. The van der Waals surface area contributed by atoms with Crippen LogP contribution in [0.2, 0.25) is 0 Å². The number of benzene rings is 2. The summed E-state index contributed by atoms with van der Waals surface area (Å²) in [7, 11) is 0. The topological polar surface area (TPSA) is 23.6 Å². The van der Waals surface area contributed by atoms with Crippen molar-refractivity contribution < 1.29 is 4.79 Å². The smallest absolute Gasteiger partial charge is 0.193 e. The second-order valence-electron chi connectivity index (χ2n) is 12.8. The van der Waals surface area contributed by atoms with E-state index in [-0.39, 0.29) is 5.78 Å². The molecule has 6 rings (SSSR count). The van der Waals surface area contributed by atoms with E-state index in [0.717, 1.165) is 24.2 Å². The summed E-state index contributed by atoms with van der Waals surface area (Å²) in [6.45, 7) is 6.93. The highest BCUT2D eigenvalue weighted by molar-refractivity contribution is 6.11. The fraction of sp³-hybridized carbons (Fsp3) is 0.629. The van der Waals surface area contributed by atoms with Crippen LogP contribution in [0.4, 0.5) is 0 Å². The monoisotopic (exact) mass is 512 g/mol. The van der Waals surface area contributed by atoms with Crippen molar-refractivity contribution in [2.24, 2.45) is 0 Å². The lowest BCUT2D eigenvalue weighted by molar-refractivity contribution is 0.103. The van der Waals surface area contributed by atoms with Gasteiger partial charge in [-0.3, -0.25) is 14.6 Å². The SMILES string of the molecule is O=C(c1ccc(CN2CCCCC2)cc1C1CCCC1)c1ccc(CN2CCCCC2)cc1C1CCCC1. The predicted octanol–water partition coefficient (Wildman–Crippen LogP) is 8.20. The molecule has 204 valence electrons. The summed E-state index contributed by atoms with van der Waals surface area (Å²) in [5.74, 6) is 1.37. The molecule has 2 aromatic carbocycles. The molecule has 0 radical (unpaired) electrons. The summed E-state index contributed by atoms with van der Waals surface area (Å²) in [5, 5.41) is 0. The van der Waals surface area contributed by atoms with Gasteiger partial charge in [-0.15, -0.1) is 0 Å². The Hall–Kier alpha value is -1.97. The van der Waals surface area contributed by atoms with E-state index in [9.17, 15) is 4.79 Å². The third kappa shape index (κ3) is 6.10. The molecule has 0 spiro atoms. The molecule has 2 heterocycles. The summed E-state index contributed by atoms with van der Waals surface area (Å²) in [6.07, 6.45) is 18.2. The van der Waals surface area contributed by atoms with E-state index in [4.69, 9.17) is 0 Å². The first-order chi connectivity index (χ1) is 18.7. The van der Waals surface area contributed by atoms with E-state index >= 15 is 0 Å². The lowest BCUT2D eigenvalue weighted by atomic mass is 9.83. The van der Waals surface area contributed by atoms with E-state index in [0.29, 0.717) is 11.8 Å². The van der Waals surface area contributed by atoms with Crippen LogP contribution in [0, 0.1) is 0 Å². The van der Waals surface area contributed by atoms with Gasteiger partial charge in [-0.25, -0.2) is 0 Å². The first kappa shape index (κ1) is 26.3. The highest BCUT2D eigenvalue weighted by atomic mass is 16.1. The Balaban J connectivity index is 1.30. The van der Waals surface area contributed by atoms with Crippen molar-refractivity contribution in [1.29, 1.82) is 0 Å². The van der Waals surface area contributed by atoms with Gasteiger partial charge < -0.3 is 0 Å². The minimum atomic E-state index is 0.280. The van der Waals surface area contributed by atoms with Gasteiger partial charge >= 0.3 is 0 Å². The van der Waals surface area contributed by atoms with E-state index < -0.39 is 0 Å². The Morgan fingerprint density at radius 3 is 1.34 bits per heavy atom. The molecule has 0 bridgehead atoms. The fourth-order valence-electron chi connectivity index (χ4n) is 7.88. The standard InChI is InChI=1S/C35H48N2O/c38-35(31-17-15-27(25-36-19-7-1-8-20-36)23-33(31)29-11-3-4-12-29)32-18-16-28(26-37-21-9-2-10-22-37)24-34(32)30-13-5-6-14-30/h15-18,23-24,29-30H,1-14,19-22,25-26H2. The number of carbonyl (C=O) groups is 1. The van der Waals surface area contributed by atoms with Crippen molar-refractivity contribution in [3.63, 3.8) is 0 Å². The van der Waals surface area contributed by atoms with Gasteiger partial charge in [-0.1, -0.05) is 74.9 Å². The van der Waals surface area contributed by atoms with E-state index in [1.165, 1.54) is 138 Å². The lowest BCUT2D eigenvalue weighted by Crippen LogP contribution is -2.29. The average molecular weight is 513 g/mol. The van der Waals surface area contributed by atoms with Gasteiger partial charge in [-0.2, -0.15) is 0 Å². The second-order valence-corrected chi connectivity index (χ2v) is 12.8. The number of hydrogen-bond donors (Lipinski definition) is 0. The van der Waals surface area contributed by atoms with Crippen LogP contribution in [0.1, 0.15) is 140 Å². The third-order valence-electron chi connectivity index (χ3n) is 10.0. The van der Waals surface area contributed by atoms with E-state index in [1.54, 1.807) is 0 Å². The van der Waals surface area contributed by atoms with Crippen LogP contribution < -0.4 is 0 Å². The van der Waals surface area contributed by atoms with Crippen molar-refractivity contribution in [3.8, 4) is 0 Å². The number of ketones is 1. The highest BCUT2D eigenvalue weighted by Crippen LogP contribution is 2.40. The zero-order valence-corrected chi connectivity index (χ0v) is 23.6. The Kier molecular flexibility index (Phi) is 8.62. The first-order valence-corrected chi connectivity index (χ1v) is 16.0. The van der Waals surface area contributed by atoms with Crippen LogP contribution in [0.3, 0.4) is 0 Å². The molecule has 2 saturated carbocycles. The van der Waals surface area contributed by atoms with Crippen molar-refractivity contribution in [2.75, 3.05) is 26.2 Å². The molecule has 0 unspecified atom stereocenters. The number of rotatable bonds is 8. The van der Waals surface area contributed by atoms with Gasteiger partial charge in [0.2, 0.25) is 0 Å². The van der Waals surface area contributed by atoms with Crippen molar-refractivity contribution in [1.82, 2.24) is 9.80 Å². The van der Waals surface area contributed by atoms with Gasteiger partial charge in [0.1, 0.15) is 0 Å². The molecule has 3 heteroatoms. The Labute approximate surface area is 231 Å². The maximum Gasteiger partial charge on any atom is 0.193 e. The van der Waals surface area contributed by atoms with E-state index in [2.05, 4.69) is 46.2 Å². The molecule has 2 aliphatic heterocycles. The maximum atomic E-state index is 14.4. The molecule has 0 atom stereocenters. The van der Waals surface area contributed by atoms with Crippen LogP contribution >= 0.6 is 0 Å².